The van der Waals surface area contributed by atoms with Crippen molar-refractivity contribution in [1.82, 2.24) is 9.88 Å². The average Bonchev–Trinajstić information content (AvgIpc) is 3.16. The van der Waals surface area contributed by atoms with E-state index in [4.69, 9.17) is 5.73 Å². The molecule has 0 spiro atoms. The standard InChI is InChI=1S/C24H22FN3O4/c1-2-3-20(31)28-7-6-13-8-14(4-5-15(13)10-28)21-18(25)9-16(24(26)32)23-22(21)17(11-29)19(12-30)27-23/h4-5,8-9,27,29-30H,6-7,10-12H2,1H3,(H2,26,32). The van der Waals surface area contributed by atoms with Crippen molar-refractivity contribution < 1.29 is 24.2 Å². The zero-order valence-electron chi connectivity index (χ0n) is 17.5. The van der Waals surface area contributed by atoms with Crippen LogP contribution in [0, 0.1) is 17.7 Å². The van der Waals surface area contributed by atoms with E-state index in [1.165, 1.54) is 0 Å². The molecule has 32 heavy (non-hydrogen) atoms. The molecule has 0 radical (unpaired) electrons. The molecule has 0 atom stereocenters. The molecule has 1 aliphatic heterocycles. The van der Waals surface area contributed by atoms with Gasteiger partial charge in [0.25, 0.3) is 11.8 Å². The molecule has 1 aromatic heterocycles. The lowest BCUT2D eigenvalue weighted by Crippen LogP contribution is -2.35. The Morgan fingerprint density at radius 1 is 1.22 bits per heavy atom. The predicted octanol–water partition coefficient (Wildman–Crippen LogP) is 1.97. The van der Waals surface area contributed by atoms with Gasteiger partial charge in [-0.05, 0) is 42.0 Å². The molecule has 2 aromatic carbocycles. The summed E-state index contributed by atoms with van der Waals surface area (Å²) in [5.41, 5.74) is 8.96. The monoisotopic (exact) mass is 435 g/mol. The summed E-state index contributed by atoms with van der Waals surface area (Å²) in [6.45, 7) is 1.67. The normalized spacial score (nSPS) is 12.9. The number of carbonyl (C=O) groups is 2. The Morgan fingerprint density at radius 3 is 2.66 bits per heavy atom. The van der Waals surface area contributed by atoms with Crippen LogP contribution in [-0.2, 0) is 31.0 Å². The highest BCUT2D eigenvalue weighted by atomic mass is 19.1. The van der Waals surface area contributed by atoms with E-state index >= 15 is 4.39 Å². The average molecular weight is 435 g/mol. The molecule has 7 nitrogen and oxygen atoms in total. The lowest BCUT2D eigenvalue weighted by molar-refractivity contribution is -0.125. The third kappa shape index (κ3) is 3.51. The number of nitrogens with zero attached hydrogens (tertiary/aromatic N) is 1. The van der Waals surface area contributed by atoms with Crippen molar-refractivity contribution in [2.45, 2.75) is 33.1 Å². The second-order valence-electron chi connectivity index (χ2n) is 7.63. The minimum Gasteiger partial charge on any atom is -0.392 e. The molecule has 5 N–H and O–H groups in total. The first-order valence-corrected chi connectivity index (χ1v) is 10.1. The topological polar surface area (TPSA) is 120 Å². The number of benzene rings is 2. The third-order valence-corrected chi connectivity index (χ3v) is 5.83. The first kappa shape index (κ1) is 21.6. The van der Waals surface area contributed by atoms with Crippen molar-refractivity contribution in [3.05, 3.63) is 58.0 Å². The van der Waals surface area contributed by atoms with Gasteiger partial charge in [-0.3, -0.25) is 9.59 Å². The molecule has 1 aliphatic rings. The van der Waals surface area contributed by atoms with Gasteiger partial charge in [-0.15, -0.1) is 0 Å². The summed E-state index contributed by atoms with van der Waals surface area (Å²) in [7, 11) is 0. The molecule has 0 unspecified atom stereocenters. The molecule has 4 rings (SSSR count). The lowest BCUT2D eigenvalue weighted by Gasteiger charge is -2.27. The van der Waals surface area contributed by atoms with Gasteiger partial charge in [0.05, 0.1) is 24.3 Å². The Labute approximate surface area is 183 Å². The fourth-order valence-corrected chi connectivity index (χ4v) is 4.31. The van der Waals surface area contributed by atoms with Crippen molar-refractivity contribution in [2.24, 2.45) is 5.73 Å². The maximum atomic E-state index is 15.3. The van der Waals surface area contributed by atoms with Crippen molar-refractivity contribution >= 4 is 22.7 Å². The van der Waals surface area contributed by atoms with Gasteiger partial charge < -0.3 is 25.8 Å². The zero-order valence-corrected chi connectivity index (χ0v) is 17.5. The summed E-state index contributed by atoms with van der Waals surface area (Å²) in [6.07, 6.45) is 0.590. The van der Waals surface area contributed by atoms with Crippen LogP contribution >= 0.6 is 0 Å². The summed E-state index contributed by atoms with van der Waals surface area (Å²) in [4.78, 5) is 28.6. The molecule has 8 heteroatoms. The van der Waals surface area contributed by atoms with E-state index in [0.717, 1.165) is 17.2 Å². The quantitative estimate of drug-likeness (QED) is 0.469. The van der Waals surface area contributed by atoms with E-state index < -0.39 is 24.9 Å². The van der Waals surface area contributed by atoms with Crippen LogP contribution in [-0.4, -0.2) is 38.5 Å². The van der Waals surface area contributed by atoms with E-state index in [-0.39, 0.29) is 22.6 Å². The summed E-state index contributed by atoms with van der Waals surface area (Å²) >= 11 is 0. The summed E-state index contributed by atoms with van der Waals surface area (Å²) < 4.78 is 15.3. The van der Waals surface area contributed by atoms with Crippen LogP contribution in [0.2, 0.25) is 0 Å². The predicted molar refractivity (Wildman–Crippen MR) is 117 cm³/mol. The lowest BCUT2D eigenvalue weighted by atomic mass is 9.91. The number of amides is 2. The fourth-order valence-electron chi connectivity index (χ4n) is 4.31. The second kappa shape index (κ2) is 8.46. The highest BCUT2D eigenvalue weighted by molar-refractivity contribution is 6.11. The van der Waals surface area contributed by atoms with Crippen molar-refractivity contribution in [2.75, 3.05) is 6.54 Å². The Bertz CT molecular complexity index is 1320. The maximum absolute atomic E-state index is 15.3. The molecule has 0 saturated heterocycles. The number of fused-ring (bicyclic) bond motifs is 2. The fraction of sp³-hybridized carbons (Fsp3) is 0.250. The summed E-state index contributed by atoms with van der Waals surface area (Å²) in [5.74, 6) is 3.46. The van der Waals surface area contributed by atoms with E-state index in [1.807, 2.05) is 12.1 Å². The minimum atomic E-state index is -0.818. The number of primary amides is 1. The molecule has 0 saturated carbocycles. The number of nitrogens with two attached hydrogens (primary N) is 1. The third-order valence-electron chi connectivity index (χ3n) is 5.83. The number of H-pyrrole nitrogens is 1. The molecule has 3 aromatic rings. The van der Waals surface area contributed by atoms with Gasteiger partial charge in [-0.2, -0.15) is 0 Å². The van der Waals surface area contributed by atoms with Crippen LogP contribution in [0.15, 0.2) is 24.3 Å². The Kier molecular flexibility index (Phi) is 5.70. The van der Waals surface area contributed by atoms with Crippen molar-refractivity contribution in [3.8, 4) is 23.0 Å². The molecule has 2 amide bonds. The number of carbonyl (C=O) groups excluding carboxylic acids is 2. The van der Waals surface area contributed by atoms with Crippen LogP contribution in [0.5, 0.6) is 0 Å². The van der Waals surface area contributed by atoms with Gasteiger partial charge in [0, 0.05) is 35.3 Å². The largest absolute Gasteiger partial charge is 0.392 e. The number of aromatic nitrogens is 1. The number of aliphatic hydroxyl groups excluding tert-OH is 2. The number of rotatable bonds is 4. The highest BCUT2D eigenvalue weighted by Gasteiger charge is 2.25. The SMILES string of the molecule is CC#CC(=O)N1CCc2cc(-c3c(F)cc(C(N)=O)c4[nH]c(CO)c(CO)c34)ccc2C1. The van der Waals surface area contributed by atoms with E-state index in [0.29, 0.717) is 41.7 Å². The summed E-state index contributed by atoms with van der Waals surface area (Å²) in [5, 5.41) is 19.9. The Hall–Kier alpha value is -3.67. The second-order valence-corrected chi connectivity index (χ2v) is 7.63. The molecule has 0 bridgehead atoms. The van der Waals surface area contributed by atoms with Crippen molar-refractivity contribution in [3.63, 3.8) is 0 Å². The first-order valence-electron chi connectivity index (χ1n) is 10.1. The van der Waals surface area contributed by atoms with Gasteiger partial charge >= 0.3 is 0 Å². The maximum Gasteiger partial charge on any atom is 0.298 e. The van der Waals surface area contributed by atoms with Crippen LogP contribution in [0.1, 0.15) is 39.7 Å². The number of nitrogens with one attached hydrogen (secondary N) is 1. The van der Waals surface area contributed by atoms with Crippen LogP contribution < -0.4 is 5.73 Å². The molecule has 164 valence electrons. The molecule has 2 heterocycles. The Balaban J connectivity index is 1.88. The molecular formula is C24H22FN3O4. The minimum absolute atomic E-state index is 0.0557. The molecule has 0 fully saturated rings. The summed E-state index contributed by atoms with van der Waals surface area (Å²) in [6, 6.07) is 6.52. The highest BCUT2D eigenvalue weighted by Crippen LogP contribution is 2.38. The van der Waals surface area contributed by atoms with Crippen LogP contribution in [0.4, 0.5) is 4.39 Å². The van der Waals surface area contributed by atoms with Gasteiger partial charge in [-0.1, -0.05) is 24.1 Å². The zero-order chi connectivity index (χ0) is 23.0. The smallest absolute Gasteiger partial charge is 0.298 e. The van der Waals surface area contributed by atoms with Gasteiger partial charge in [0.1, 0.15) is 5.82 Å². The number of hydrogen-bond acceptors (Lipinski definition) is 4. The van der Waals surface area contributed by atoms with Gasteiger partial charge in [0.2, 0.25) is 0 Å². The first-order chi connectivity index (χ1) is 15.4. The molecular weight excluding hydrogens is 413 g/mol. The van der Waals surface area contributed by atoms with Crippen LogP contribution in [0.3, 0.4) is 0 Å². The van der Waals surface area contributed by atoms with E-state index in [9.17, 15) is 19.8 Å². The number of aromatic amines is 1. The number of halogens is 1. The number of aliphatic hydroxyl groups is 2. The van der Waals surface area contributed by atoms with Crippen LogP contribution in [0.25, 0.3) is 22.0 Å². The number of hydrogen-bond donors (Lipinski definition) is 4. The Morgan fingerprint density at radius 2 is 2.00 bits per heavy atom. The molecule has 0 aliphatic carbocycles. The van der Waals surface area contributed by atoms with Gasteiger partial charge in [0.15, 0.2) is 0 Å². The van der Waals surface area contributed by atoms with E-state index in [1.54, 1.807) is 17.9 Å². The van der Waals surface area contributed by atoms with Gasteiger partial charge in [-0.25, -0.2) is 4.39 Å². The van der Waals surface area contributed by atoms with Crippen molar-refractivity contribution in [1.29, 1.82) is 0 Å². The van der Waals surface area contributed by atoms with E-state index in [2.05, 4.69) is 16.8 Å².